The molecule has 0 aliphatic carbocycles. The van der Waals surface area contributed by atoms with Crippen molar-refractivity contribution in [2.24, 2.45) is 0 Å². The van der Waals surface area contributed by atoms with Crippen LogP contribution in [0.2, 0.25) is 0 Å². The predicted molar refractivity (Wildman–Crippen MR) is 83.8 cm³/mol. The first kappa shape index (κ1) is 13.8. The molecule has 4 nitrogen and oxygen atoms in total. The molecule has 3 rings (SSSR count). The number of oxazole rings is 1. The lowest BCUT2D eigenvalue weighted by Gasteiger charge is -2.02. The van der Waals surface area contributed by atoms with E-state index in [9.17, 15) is 4.79 Å². The van der Waals surface area contributed by atoms with Crippen LogP contribution in [0.5, 0.6) is 5.75 Å². The number of aldehydes is 1. The average molecular weight is 346 g/mol. The Morgan fingerprint density at radius 2 is 2.14 bits per heavy atom. The molecule has 0 saturated carbocycles. The second-order valence-electron chi connectivity index (χ2n) is 4.61. The minimum absolute atomic E-state index is 0.454. The van der Waals surface area contributed by atoms with E-state index in [4.69, 9.17) is 9.15 Å². The quantitative estimate of drug-likeness (QED) is 0.660. The third kappa shape index (κ3) is 2.34. The van der Waals surface area contributed by atoms with Gasteiger partial charge in [0, 0.05) is 16.1 Å². The first-order chi connectivity index (χ1) is 10.1. The lowest BCUT2D eigenvalue weighted by atomic mass is 10.1. The first-order valence-corrected chi connectivity index (χ1v) is 7.12. The second kappa shape index (κ2) is 5.33. The Kier molecular flexibility index (Phi) is 3.51. The molecule has 0 aliphatic rings. The number of ether oxygens (including phenoxy) is 1. The molecule has 106 valence electrons. The Morgan fingerprint density at radius 1 is 1.33 bits per heavy atom. The van der Waals surface area contributed by atoms with Gasteiger partial charge in [-0.2, -0.15) is 0 Å². The lowest BCUT2D eigenvalue weighted by Crippen LogP contribution is -1.89. The highest BCUT2D eigenvalue weighted by molar-refractivity contribution is 9.10. The predicted octanol–water partition coefficient (Wildman–Crippen LogP) is 4.39. The van der Waals surface area contributed by atoms with Gasteiger partial charge in [-0.1, -0.05) is 22.0 Å². The summed E-state index contributed by atoms with van der Waals surface area (Å²) in [7, 11) is 1.52. The normalized spacial score (nSPS) is 10.8. The molecule has 0 bridgehead atoms. The molecule has 1 heterocycles. The Labute approximate surface area is 129 Å². The summed E-state index contributed by atoms with van der Waals surface area (Å²) in [5.74, 6) is 1.00. The van der Waals surface area contributed by atoms with Crippen molar-refractivity contribution in [1.82, 2.24) is 4.98 Å². The number of methoxy groups -OCH3 is 1. The van der Waals surface area contributed by atoms with Gasteiger partial charge in [0.1, 0.15) is 11.3 Å². The maximum absolute atomic E-state index is 11.1. The Morgan fingerprint density at radius 3 is 2.86 bits per heavy atom. The van der Waals surface area contributed by atoms with Gasteiger partial charge in [-0.3, -0.25) is 4.79 Å². The Hall–Kier alpha value is -2.14. The van der Waals surface area contributed by atoms with Crippen LogP contribution < -0.4 is 4.74 Å². The number of benzene rings is 2. The SMILES string of the molecule is COc1cc2oc(-c3cccc(Br)c3C)nc2cc1C=O. The highest BCUT2D eigenvalue weighted by Gasteiger charge is 2.14. The maximum atomic E-state index is 11.1. The number of hydrogen-bond donors (Lipinski definition) is 0. The van der Waals surface area contributed by atoms with Crippen molar-refractivity contribution in [3.8, 4) is 17.2 Å². The van der Waals surface area contributed by atoms with Crippen molar-refractivity contribution in [3.63, 3.8) is 0 Å². The summed E-state index contributed by atoms with van der Waals surface area (Å²) >= 11 is 3.50. The van der Waals surface area contributed by atoms with Gasteiger partial charge in [0.2, 0.25) is 5.89 Å². The molecular formula is C16H12BrNO3. The van der Waals surface area contributed by atoms with Crippen LogP contribution in [-0.2, 0) is 0 Å². The molecule has 0 unspecified atom stereocenters. The zero-order valence-corrected chi connectivity index (χ0v) is 13.1. The molecule has 0 fully saturated rings. The number of nitrogens with zero attached hydrogens (tertiary/aromatic N) is 1. The third-order valence-electron chi connectivity index (χ3n) is 3.36. The van der Waals surface area contributed by atoms with Crippen LogP contribution >= 0.6 is 15.9 Å². The molecule has 1 aromatic heterocycles. The van der Waals surface area contributed by atoms with Gasteiger partial charge in [0.05, 0.1) is 12.7 Å². The average Bonchev–Trinajstić information content (AvgIpc) is 2.90. The van der Waals surface area contributed by atoms with E-state index in [0.717, 1.165) is 21.9 Å². The molecule has 0 amide bonds. The Balaban J connectivity index is 2.21. The summed E-state index contributed by atoms with van der Waals surface area (Å²) in [4.78, 5) is 15.5. The highest BCUT2D eigenvalue weighted by atomic mass is 79.9. The first-order valence-electron chi connectivity index (χ1n) is 6.33. The highest BCUT2D eigenvalue weighted by Crippen LogP contribution is 2.32. The minimum Gasteiger partial charge on any atom is -0.496 e. The fourth-order valence-electron chi connectivity index (χ4n) is 2.19. The van der Waals surface area contributed by atoms with Gasteiger partial charge < -0.3 is 9.15 Å². The van der Waals surface area contributed by atoms with E-state index in [2.05, 4.69) is 20.9 Å². The van der Waals surface area contributed by atoms with Gasteiger partial charge in [-0.25, -0.2) is 4.98 Å². The van der Waals surface area contributed by atoms with Crippen LogP contribution in [0.25, 0.3) is 22.6 Å². The monoisotopic (exact) mass is 345 g/mol. The molecule has 21 heavy (non-hydrogen) atoms. The second-order valence-corrected chi connectivity index (χ2v) is 5.47. The van der Waals surface area contributed by atoms with Crippen LogP contribution in [0.15, 0.2) is 39.2 Å². The van der Waals surface area contributed by atoms with Gasteiger partial charge >= 0.3 is 0 Å². The van der Waals surface area contributed by atoms with Crippen LogP contribution in [0, 0.1) is 6.92 Å². The number of hydrogen-bond acceptors (Lipinski definition) is 4. The van der Waals surface area contributed by atoms with Gasteiger partial charge in [-0.15, -0.1) is 0 Å². The molecule has 3 aromatic rings. The van der Waals surface area contributed by atoms with E-state index in [0.29, 0.717) is 28.3 Å². The number of aromatic nitrogens is 1. The molecule has 0 atom stereocenters. The molecule has 0 N–H and O–H groups in total. The van der Waals surface area contributed by atoms with Gasteiger partial charge in [0.25, 0.3) is 0 Å². The summed E-state index contributed by atoms with van der Waals surface area (Å²) in [6.45, 7) is 1.99. The van der Waals surface area contributed by atoms with E-state index in [1.54, 1.807) is 12.1 Å². The van der Waals surface area contributed by atoms with Crippen molar-refractivity contribution < 1.29 is 13.9 Å². The van der Waals surface area contributed by atoms with E-state index >= 15 is 0 Å². The molecule has 5 heteroatoms. The fourth-order valence-corrected chi connectivity index (χ4v) is 2.56. The van der Waals surface area contributed by atoms with E-state index < -0.39 is 0 Å². The number of rotatable bonds is 3. The topological polar surface area (TPSA) is 52.3 Å². The van der Waals surface area contributed by atoms with Crippen LogP contribution in [-0.4, -0.2) is 18.4 Å². The molecule has 0 spiro atoms. The van der Waals surface area contributed by atoms with Crippen LogP contribution in [0.1, 0.15) is 15.9 Å². The van der Waals surface area contributed by atoms with Crippen molar-refractivity contribution in [2.45, 2.75) is 6.92 Å². The van der Waals surface area contributed by atoms with Crippen molar-refractivity contribution in [3.05, 3.63) is 45.9 Å². The van der Waals surface area contributed by atoms with E-state index in [-0.39, 0.29) is 0 Å². The largest absolute Gasteiger partial charge is 0.496 e. The number of carbonyl (C=O) groups is 1. The molecule has 2 aromatic carbocycles. The number of carbonyl (C=O) groups excluding carboxylic acids is 1. The Bertz CT molecular complexity index is 839. The molecule has 0 radical (unpaired) electrons. The summed E-state index contributed by atoms with van der Waals surface area (Å²) in [6, 6.07) is 9.20. The van der Waals surface area contributed by atoms with Crippen molar-refractivity contribution in [2.75, 3.05) is 7.11 Å². The maximum Gasteiger partial charge on any atom is 0.227 e. The smallest absolute Gasteiger partial charge is 0.227 e. The molecular weight excluding hydrogens is 334 g/mol. The molecule has 0 saturated heterocycles. The zero-order valence-electron chi connectivity index (χ0n) is 11.5. The van der Waals surface area contributed by atoms with Gasteiger partial charge in [0.15, 0.2) is 11.9 Å². The lowest BCUT2D eigenvalue weighted by molar-refractivity contribution is 0.112. The fraction of sp³-hybridized carbons (Fsp3) is 0.125. The van der Waals surface area contributed by atoms with Crippen molar-refractivity contribution >= 4 is 33.3 Å². The van der Waals surface area contributed by atoms with E-state index in [1.165, 1.54) is 7.11 Å². The van der Waals surface area contributed by atoms with Crippen LogP contribution in [0.4, 0.5) is 0 Å². The molecule has 0 aliphatic heterocycles. The van der Waals surface area contributed by atoms with Crippen molar-refractivity contribution in [1.29, 1.82) is 0 Å². The standard InChI is InChI=1S/C16H12BrNO3/c1-9-11(4-3-5-12(9)17)16-18-13-6-10(8-19)14(20-2)7-15(13)21-16/h3-8H,1-2H3. The van der Waals surface area contributed by atoms with E-state index in [1.807, 2.05) is 25.1 Å². The summed E-state index contributed by atoms with van der Waals surface area (Å²) < 4.78 is 12.0. The minimum atomic E-state index is 0.454. The number of halogens is 1. The summed E-state index contributed by atoms with van der Waals surface area (Å²) in [6.07, 6.45) is 0.747. The number of fused-ring (bicyclic) bond motifs is 1. The summed E-state index contributed by atoms with van der Waals surface area (Å²) in [5, 5.41) is 0. The zero-order chi connectivity index (χ0) is 15.0. The van der Waals surface area contributed by atoms with Crippen LogP contribution in [0.3, 0.4) is 0 Å². The summed E-state index contributed by atoms with van der Waals surface area (Å²) in [5.41, 5.74) is 3.63. The van der Waals surface area contributed by atoms with Gasteiger partial charge in [-0.05, 0) is 30.7 Å². The third-order valence-corrected chi connectivity index (χ3v) is 4.22.